The summed E-state index contributed by atoms with van der Waals surface area (Å²) in [7, 11) is -0.788. The van der Waals surface area contributed by atoms with Crippen LogP contribution in [0.5, 0.6) is 23.0 Å². The summed E-state index contributed by atoms with van der Waals surface area (Å²) in [6.07, 6.45) is -2.26. The lowest BCUT2D eigenvalue weighted by Gasteiger charge is -2.46. The molecule has 38 heavy (non-hydrogen) atoms. The number of hydrogen-bond donors (Lipinski definition) is 2. The van der Waals surface area contributed by atoms with Gasteiger partial charge in [-0.3, -0.25) is 13.8 Å². The van der Waals surface area contributed by atoms with Gasteiger partial charge in [0.2, 0.25) is 18.1 Å². The van der Waals surface area contributed by atoms with E-state index in [1.807, 2.05) is 0 Å². The zero-order valence-electron chi connectivity index (χ0n) is 21.7. The number of benzene rings is 2. The summed E-state index contributed by atoms with van der Waals surface area (Å²) < 4.78 is 57.4. The van der Waals surface area contributed by atoms with Crippen LogP contribution in [0, 0.1) is 0 Å². The molecule has 0 radical (unpaired) electrons. The second-order valence-electron chi connectivity index (χ2n) is 8.54. The Balaban J connectivity index is 2.03. The topological polar surface area (TPSA) is 148 Å². The summed E-state index contributed by atoms with van der Waals surface area (Å²) in [6.45, 7) is 2.18. The van der Waals surface area contributed by atoms with Gasteiger partial charge in [-0.1, -0.05) is 0 Å². The molecule has 0 bridgehead atoms. The van der Waals surface area contributed by atoms with Crippen LogP contribution in [0.1, 0.15) is 13.8 Å². The van der Waals surface area contributed by atoms with Gasteiger partial charge in [0.15, 0.2) is 0 Å². The zero-order valence-corrected chi connectivity index (χ0v) is 22.5. The first kappa shape index (κ1) is 29.0. The predicted molar refractivity (Wildman–Crippen MR) is 136 cm³/mol. The highest BCUT2D eigenvalue weighted by molar-refractivity contribution is 7.85. The third kappa shape index (κ3) is 8.23. The molecule has 13 heteroatoms. The summed E-state index contributed by atoms with van der Waals surface area (Å²) in [6, 6.07) is 11.5. The van der Waals surface area contributed by atoms with Crippen molar-refractivity contribution in [1.82, 2.24) is 10.6 Å². The number of rotatable bonds is 11. The average molecular weight is 553 g/mol. The lowest BCUT2D eigenvalue weighted by atomic mass is 9.93. The van der Waals surface area contributed by atoms with Crippen molar-refractivity contribution in [3.8, 4) is 23.0 Å². The highest BCUT2D eigenvalue weighted by Gasteiger charge is 2.50. The molecule has 0 aliphatic carbocycles. The second kappa shape index (κ2) is 12.8. The number of nitrogens with one attached hydrogen (secondary N) is 2. The molecule has 5 atom stereocenters. The SMILES string of the molecule is COc1ccc(O[C@H]2O[C@H](COS(C)(=O)=O)[C@@H](NC(C)=O)[C@H](Oc3ccc(OC)cc3)[C@H]2NC(C)=O)cc1. The van der Waals surface area contributed by atoms with Crippen molar-refractivity contribution in [2.45, 2.75) is 44.4 Å². The Morgan fingerprint density at radius 2 is 1.24 bits per heavy atom. The molecule has 2 aromatic carbocycles. The van der Waals surface area contributed by atoms with E-state index in [4.69, 9.17) is 27.9 Å². The third-order valence-corrected chi connectivity index (χ3v) is 6.10. The minimum Gasteiger partial charge on any atom is -0.497 e. The number of amides is 2. The van der Waals surface area contributed by atoms with Crippen molar-refractivity contribution in [3.05, 3.63) is 48.5 Å². The largest absolute Gasteiger partial charge is 0.497 e. The van der Waals surface area contributed by atoms with Gasteiger partial charge < -0.3 is 34.3 Å². The van der Waals surface area contributed by atoms with Gasteiger partial charge in [0.05, 0.1) is 33.1 Å². The molecule has 1 saturated heterocycles. The zero-order chi connectivity index (χ0) is 27.9. The monoisotopic (exact) mass is 552 g/mol. The molecule has 1 fully saturated rings. The Hall–Kier alpha value is -3.55. The van der Waals surface area contributed by atoms with Crippen LogP contribution in [-0.2, 0) is 28.6 Å². The molecule has 2 aromatic rings. The number of hydrogen-bond acceptors (Lipinski definition) is 10. The molecular formula is C25H32N2O10S. The fourth-order valence-electron chi connectivity index (χ4n) is 3.91. The Kier molecular flexibility index (Phi) is 9.78. The molecule has 1 aliphatic heterocycles. The van der Waals surface area contributed by atoms with Gasteiger partial charge in [-0.25, -0.2) is 0 Å². The van der Waals surface area contributed by atoms with E-state index in [2.05, 4.69) is 10.6 Å². The number of carbonyl (C=O) groups excluding carboxylic acids is 2. The third-order valence-electron chi connectivity index (χ3n) is 5.54. The lowest BCUT2D eigenvalue weighted by molar-refractivity contribution is -0.209. The van der Waals surface area contributed by atoms with Gasteiger partial charge in [0.25, 0.3) is 10.1 Å². The minimum absolute atomic E-state index is 0.384. The van der Waals surface area contributed by atoms with Crippen LogP contribution in [0.2, 0.25) is 0 Å². The van der Waals surface area contributed by atoms with E-state index in [0.717, 1.165) is 6.26 Å². The first-order valence-corrected chi connectivity index (χ1v) is 13.5. The highest BCUT2D eigenvalue weighted by atomic mass is 32.2. The molecule has 2 N–H and O–H groups in total. The molecular weight excluding hydrogens is 520 g/mol. The molecule has 208 valence electrons. The standard InChI is InChI=1S/C25H32N2O10S/c1-15(28)26-22-21(14-34-38(5,30)31)37-25(36-20-12-8-18(33-4)9-13-20)23(27-16(2)29)24(22)35-19-10-6-17(32-3)7-11-19/h6-13,21-25H,14H2,1-5H3,(H,26,28)(H,27,29)/t21-,22-,23-,24+,25+/m1/s1. The Labute approximate surface area is 221 Å². The van der Waals surface area contributed by atoms with Crippen LogP contribution in [0.25, 0.3) is 0 Å². The minimum atomic E-state index is -3.85. The van der Waals surface area contributed by atoms with Crippen LogP contribution in [0.4, 0.5) is 0 Å². The molecule has 0 spiro atoms. The second-order valence-corrected chi connectivity index (χ2v) is 10.2. The Morgan fingerprint density at radius 3 is 1.68 bits per heavy atom. The van der Waals surface area contributed by atoms with Crippen LogP contribution in [-0.4, -0.2) is 77.9 Å². The van der Waals surface area contributed by atoms with Gasteiger partial charge in [-0.2, -0.15) is 8.42 Å². The van der Waals surface area contributed by atoms with Crippen LogP contribution in [0.3, 0.4) is 0 Å². The molecule has 2 amide bonds. The smallest absolute Gasteiger partial charge is 0.264 e. The van der Waals surface area contributed by atoms with E-state index in [0.29, 0.717) is 23.0 Å². The maximum absolute atomic E-state index is 12.2. The van der Waals surface area contributed by atoms with Gasteiger partial charge in [0, 0.05) is 13.8 Å². The van der Waals surface area contributed by atoms with E-state index in [-0.39, 0.29) is 0 Å². The van der Waals surface area contributed by atoms with E-state index in [1.165, 1.54) is 28.1 Å². The quantitative estimate of drug-likeness (QED) is 0.390. The lowest BCUT2D eigenvalue weighted by Crippen LogP contribution is -2.70. The molecule has 12 nitrogen and oxygen atoms in total. The summed E-state index contributed by atoms with van der Waals surface area (Å²) in [5, 5.41) is 5.54. The predicted octanol–water partition coefficient (Wildman–Crippen LogP) is 1.24. The van der Waals surface area contributed by atoms with Crippen molar-refractivity contribution in [1.29, 1.82) is 0 Å². The summed E-state index contributed by atoms with van der Waals surface area (Å²) >= 11 is 0. The van der Waals surface area contributed by atoms with Gasteiger partial charge >= 0.3 is 0 Å². The number of methoxy groups -OCH3 is 2. The average Bonchev–Trinajstić information content (AvgIpc) is 2.86. The first-order valence-electron chi connectivity index (χ1n) is 11.6. The van der Waals surface area contributed by atoms with Gasteiger partial charge in [0.1, 0.15) is 41.2 Å². The van der Waals surface area contributed by atoms with E-state index >= 15 is 0 Å². The summed E-state index contributed by atoms with van der Waals surface area (Å²) in [5.41, 5.74) is 0. The van der Waals surface area contributed by atoms with Crippen LogP contribution >= 0.6 is 0 Å². The number of carbonyl (C=O) groups is 2. The first-order chi connectivity index (χ1) is 18.0. The van der Waals surface area contributed by atoms with Crippen molar-refractivity contribution < 1.29 is 45.9 Å². The fraction of sp³-hybridized carbons (Fsp3) is 0.440. The molecule has 0 unspecified atom stereocenters. The van der Waals surface area contributed by atoms with Crippen molar-refractivity contribution >= 4 is 21.9 Å². The van der Waals surface area contributed by atoms with Crippen LogP contribution in [0.15, 0.2) is 48.5 Å². The molecule has 0 saturated carbocycles. The van der Waals surface area contributed by atoms with Crippen molar-refractivity contribution in [2.75, 3.05) is 27.1 Å². The van der Waals surface area contributed by atoms with Gasteiger partial charge in [-0.15, -0.1) is 0 Å². The number of ether oxygens (including phenoxy) is 5. The van der Waals surface area contributed by atoms with Crippen LogP contribution < -0.4 is 29.6 Å². The van der Waals surface area contributed by atoms with Crippen molar-refractivity contribution in [2.24, 2.45) is 0 Å². The van der Waals surface area contributed by atoms with Crippen molar-refractivity contribution in [3.63, 3.8) is 0 Å². The molecule has 0 aromatic heterocycles. The van der Waals surface area contributed by atoms with E-state index < -0.39 is 59.1 Å². The Bertz CT molecular complexity index is 1190. The summed E-state index contributed by atoms with van der Waals surface area (Å²) in [4.78, 5) is 24.4. The Morgan fingerprint density at radius 1 is 0.789 bits per heavy atom. The van der Waals surface area contributed by atoms with E-state index in [1.54, 1.807) is 48.5 Å². The highest BCUT2D eigenvalue weighted by Crippen LogP contribution is 2.30. The molecule has 1 heterocycles. The normalized spacial score (nSPS) is 23.1. The maximum atomic E-state index is 12.2. The van der Waals surface area contributed by atoms with E-state index in [9.17, 15) is 18.0 Å². The molecule has 3 rings (SSSR count). The maximum Gasteiger partial charge on any atom is 0.264 e. The molecule has 1 aliphatic rings. The summed E-state index contributed by atoms with van der Waals surface area (Å²) in [5.74, 6) is 1.15. The fourth-order valence-corrected chi connectivity index (χ4v) is 4.29. The van der Waals surface area contributed by atoms with Gasteiger partial charge in [-0.05, 0) is 48.5 Å².